The van der Waals surface area contributed by atoms with Gasteiger partial charge in [0.05, 0.1) is 17.6 Å². The minimum atomic E-state index is 0.162. The third-order valence-electron chi connectivity index (χ3n) is 4.04. The van der Waals surface area contributed by atoms with Crippen LogP contribution in [0.5, 0.6) is 0 Å². The lowest BCUT2D eigenvalue weighted by Gasteiger charge is -2.13. The molecule has 102 valence electrons. The second kappa shape index (κ2) is 5.63. The Kier molecular flexibility index (Phi) is 3.89. The van der Waals surface area contributed by atoms with E-state index in [9.17, 15) is 5.11 Å². The molecule has 0 unspecified atom stereocenters. The molecule has 1 aromatic carbocycles. The van der Waals surface area contributed by atoms with Gasteiger partial charge in [0.15, 0.2) is 0 Å². The molecule has 19 heavy (non-hydrogen) atoms. The van der Waals surface area contributed by atoms with Crippen LogP contribution in [0, 0.1) is 5.92 Å². The number of imidazole rings is 1. The molecule has 1 fully saturated rings. The van der Waals surface area contributed by atoms with Crippen molar-refractivity contribution in [1.29, 1.82) is 0 Å². The summed E-state index contributed by atoms with van der Waals surface area (Å²) < 4.78 is 3.37. The zero-order valence-corrected chi connectivity index (χ0v) is 12.6. The highest BCUT2D eigenvalue weighted by Crippen LogP contribution is 2.29. The van der Waals surface area contributed by atoms with Crippen LogP contribution in [0.3, 0.4) is 0 Å². The normalized spacial score (nSPS) is 16.5. The van der Waals surface area contributed by atoms with Gasteiger partial charge in [-0.25, -0.2) is 4.98 Å². The van der Waals surface area contributed by atoms with Crippen LogP contribution in [0.4, 0.5) is 0 Å². The van der Waals surface area contributed by atoms with E-state index >= 15 is 0 Å². The van der Waals surface area contributed by atoms with Gasteiger partial charge >= 0.3 is 0 Å². The van der Waals surface area contributed by atoms with Gasteiger partial charge in [-0.05, 0) is 37.0 Å². The molecule has 1 aromatic heterocycles. The molecule has 1 aliphatic rings. The Labute approximate surface area is 121 Å². The van der Waals surface area contributed by atoms with Crippen molar-refractivity contribution >= 4 is 27.0 Å². The molecule has 2 aromatic rings. The van der Waals surface area contributed by atoms with Crippen molar-refractivity contribution in [2.24, 2.45) is 5.92 Å². The van der Waals surface area contributed by atoms with Crippen LogP contribution in [0.2, 0.25) is 0 Å². The largest absolute Gasteiger partial charge is 0.396 e. The standard InChI is InChI=1S/C15H19BrN2O/c16-12-5-6-14-13(9-12)17-15(7-8-19)18(14)10-11-3-1-2-4-11/h5-6,9,11,19H,1-4,7-8,10H2. The first-order chi connectivity index (χ1) is 9.28. The summed E-state index contributed by atoms with van der Waals surface area (Å²) in [5.41, 5.74) is 2.22. The number of nitrogens with zero attached hydrogens (tertiary/aromatic N) is 2. The van der Waals surface area contributed by atoms with E-state index in [0.29, 0.717) is 6.42 Å². The fraction of sp³-hybridized carbons (Fsp3) is 0.533. The number of fused-ring (bicyclic) bond motifs is 1. The molecule has 3 rings (SSSR count). The molecule has 1 aliphatic carbocycles. The Bertz CT molecular complexity index is 573. The maximum Gasteiger partial charge on any atom is 0.112 e. The van der Waals surface area contributed by atoms with Crippen molar-refractivity contribution in [1.82, 2.24) is 9.55 Å². The van der Waals surface area contributed by atoms with E-state index < -0.39 is 0 Å². The van der Waals surface area contributed by atoms with Crippen molar-refractivity contribution in [2.45, 2.75) is 38.6 Å². The van der Waals surface area contributed by atoms with E-state index in [0.717, 1.165) is 28.3 Å². The number of halogens is 1. The zero-order chi connectivity index (χ0) is 13.2. The van der Waals surface area contributed by atoms with E-state index in [1.165, 1.54) is 31.2 Å². The molecule has 0 bridgehead atoms. The summed E-state index contributed by atoms with van der Waals surface area (Å²) in [4.78, 5) is 4.68. The topological polar surface area (TPSA) is 38.1 Å². The first-order valence-corrected chi connectivity index (χ1v) is 7.83. The molecular weight excluding hydrogens is 304 g/mol. The molecule has 1 N–H and O–H groups in total. The van der Waals surface area contributed by atoms with Gasteiger partial charge in [-0.1, -0.05) is 28.8 Å². The van der Waals surface area contributed by atoms with Gasteiger partial charge in [0, 0.05) is 17.4 Å². The molecule has 0 atom stereocenters. The number of aliphatic hydroxyl groups is 1. The third-order valence-corrected chi connectivity index (χ3v) is 4.53. The fourth-order valence-electron chi connectivity index (χ4n) is 3.10. The highest BCUT2D eigenvalue weighted by molar-refractivity contribution is 9.10. The first-order valence-electron chi connectivity index (χ1n) is 7.03. The van der Waals surface area contributed by atoms with Crippen molar-refractivity contribution in [2.75, 3.05) is 6.61 Å². The molecule has 0 aliphatic heterocycles. The van der Waals surface area contributed by atoms with Crippen molar-refractivity contribution < 1.29 is 5.11 Å². The van der Waals surface area contributed by atoms with Gasteiger partial charge in [0.1, 0.15) is 5.82 Å². The van der Waals surface area contributed by atoms with Crippen LogP contribution in [-0.2, 0) is 13.0 Å². The van der Waals surface area contributed by atoms with Gasteiger partial charge < -0.3 is 9.67 Å². The quantitative estimate of drug-likeness (QED) is 0.935. The second-order valence-electron chi connectivity index (χ2n) is 5.40. The maximum absolute atomic E-state index is 9.22. The monoisotopic (exact) mass is 322 g/mol. The Balaban J connectivity index is 2.00. The predicted octanol–water partition coefficient (Wildman–Crippen LogP) is 3.52. The predicted molar refractivity (Wildman–Crippen MR) is 80.2 cm³/mol. The lowest BCUT2D eigenvalue weighted by Crippen LogP contribution is -2.11. The molecule has 1 heterocycles. The summed E-state index contributed by atoms with van der Waals surface area (Å²) in [5.74, 6) is 1.79. The smallest absolute Gasteiger partial charge is 0.112 e. The van der Waals surface area contributed by atoms with Crippen molar-refractivity contribution in [3.63, 3.8) is 0 Å². The highest BCUT2D eigenvalue weighted by Gasteiger charge is 2.19. The Morgan fingerprint density at radius 2 is 2.11 bits per heavy atom. The van der Waals surface area contributed by atoms with Crippen LogP contribution >= 0.6 is 15.9 Å². The molecule has 1 saturated carbocycles. The average molecular weight is 323 g/mol. The average Bonchev–Trinajstić information content (AvgIpc) is 2.99. The van der Waals surface area contributed by atoms with Crippen LogP contribution < -0.4 is 0 Å². The zero-order valence-electron chi connectivity index (χ0n) is 11.0. The summed E-state index contributed by atoms with van der Waals surface area (Å²) in [7, 11) is 0. The van der Waals surface area contributed by atoms with Gasteiger partial charge in [0.25, 0.3) is 0 Å². The number of aliphatic hydroxyl groups excluding tert-OH is 1. The summed E-state index contributed by atoms with van der Waals surface area (Å²) in [6.07, 6.45) is 6.01. The van der Waals surface area contributed by atoms with E-state index in [-0.39, 0.29) is 6.61 Å². The first kappa shape index (κ1) is 13.1. The molecular formula is C15H19BrN2O. The number of hydrogen-bond donors (Lipinski definition) is 1. The van der Waals surface area contributed by atoms with Crippen LogP contribution in [0.1, 0.15) is 31.5 Å². The van der Waals surface area contributed by atoms with E-state index in [1.54, 1.807) is 0 Å². The van der Waals surface area contributed by atoms with E-state index in [2.05, 4.69) is 43.7 Å². The summed E-state index contributed by atoms with van der Waals surface area (Å²) in [6.45, 7) is 1.21. The van der Waals surface area contributed by atoms with Crippen LogP contribution in [0.25, 0.3) is 11.0 Å². The van der Waals surface area contributed by atoms with E-state index in [1.807, 2.05) is 0 Å². The summed E-state index contributed by atoms with van der Waals surface area (Å²) in [5, 5.41) is 9.22. The number of hydrogen-bond acceptors (Lipinski definition) is 2. The number of aromatic nitrogens is 2. The number of rotatable bonds is 4. The molecule has 4 heteroatoms. The summed E-state index contributed by atoms with van der Waals surface area (Å²) in [6, 6.07) is 6.25. The van der Waals surface area contributed by atoms with E-state index in [4.69, 9.17) is 0 Å². The molecule has 0 spiro atoms. The maximum atomic E-state index is 9.22. The van der Waals surface area contributed by atoms with Gasteiger partial charge in [0.2, 0.25) is 0 Å². The lowest BCUT2D eigenvalue weighted by atomic mass is 10.1. The Morgan fingerprint density at radius 1 is 1.32 bits per heavy atom. The SMILES string of the molecule is OCCc1nc2cc(Br)ccc2n1CC1CCCC1. The highest BCUT2D eigenvalue weighted by atomic mass is 79.9. The van der Waals surface area contributed by atoms with Crippen molar-refractivity contribution in [3.05, 3.63) is 28.5 Å². The van der Waals surface area contributed by atoms with Gasteiger partial charge in [-0.3, -0.25) is 0 Å². The van der Waals surface area contributed by atoms with Crippen molar-refractivity contribution in [3.8, 4) is 0 Å². The minimum absolute atomic E-state index is 0.162. The minimum Gasteiger partial charge on any atom is -0.396 e. The number of benzene rings is 1. The van der Waals surface area contributed by atoms with Gasteiger partial charge in [-0.2, -0.15) is 0 Å². The molecule has 0 amide bonds. The Hall–Kier alpha value is -0.870. The fourth-order valence-corrected chi connectivity index (χ4v) is 3.45. The Morgan fingerprint density at radius 3 is 2.84 bits per heavy atom. The third kappa shape index (κ3) is 2.70. The molecule has 0 radical (unpaired) electrons. The van der Waals surface area contributed by atoms with Gasteiger partial charge in [-0.15, -0.1) is 0 Å². The lowest BCUT2D eigenvalue weighted by molar-refractivity contribution is 0.293. The second-order valence-corrected chi connectivity index (χ2v) is 6.31. The van der Waals surface area contributed by atoms with Crippen LogP contribution in [-0.4, -0.2) is 21.3 Å². The van der Waals surface area contributed by atoms with Crippen LogP contribution in [0.15, 0.2) is 22.7 Å². The molecule has 3 nitrogen and oxygen atoms in total. The molecule has 0 saturated heterocycles. The summed E-state index contributed by atoms with van der Waals surface area (Å²) >= 11 is 3.49.